The van der Waals surface area contributed by atoms with Gasteiger partial charge in [0.15, 0.2) is 0 Å². The number of hydrogen-bond donors (Lipinski definition) is 4. The molecule has 11 heteroatoms. The standard InChI is InChI=1S/C26H27N7O4/c34-14-20(16-4-2-1-3-5-16)30-22-18(24-33-26(15-37-24)8-10-36-11-9-26)12-28-25(32-22)31-21-7-6-17-19(29-21)13-27-23(17)35/h1-7,12,20,34H,8-11,13-15H2,(H,27,35)(H2,28,29,30,31,32)/t20-/m1/s1. The summed E-state index contributed by atoms with van der Waals surface area (Å²) in [4.78, 5) is 30.5. The van der Waals surface area contributed by atoms with Gasteiger partial charge < -0.3 is 30.5 Å². The molecule has 2 aromatic heterocycles. The average molecular weight is 502 g/mol. The van der Waals surface area contributed by atoms with Crippen LogP contribution in [-0.2, 0) is 16.0 Å². The molecule has 37 heavy (non-hydrogen) atoms. The Bertz CT molecular complexity index is 1340. The number of aromatic nitrogens is 3. The van der Waals surface area contributed by atoms with Crippen LogP contribution >= 0.6 is 0 Å². The predicted octanol–water partition coefficient (Wildman–Crippen LogP) is 2.33. The van der Waals surface area contributed by atoms with Crippen molar-refractivity contribution in [1.29, 1.82) is 0 Å². The summed E-state index contributed by atoms with van der Waals surface area (Å²) in [6, 6.07) is 12.7. The van der Waals surface area contributed by atoms with E-state index in [2.05, 4.69) is 25.9 Å². The number of carbonyl (C=O) groups excluding carboxylic acids is 1. The molecule has 0 unspecified atom stereocenters. The fraction of sp³-hybridized carbons (Fsp3) is 0.346. The van der Waals surface area contributed by atoms with E-state index in [1.165, 1.54) is 0 Å². The molecule has 1 spiro atoms. The molecule has 3 aliphatic heterocycles. The van der Waals surface area contributed by atoms with Crippen LogP contribution < -0.4 is 16.0 Å². The van der Waals surface area contributed by atoms with Gasteiger partial charge in [0.1, 0.15) is 23.8 Å². The maximum atomic E-state index is 11.8. The fourth-order valence-corrected chi connectivity index (χ4v) is 4.71. The van der Waals surface area contributed by atoms with Gasteiger partial charge in [0.2, 0.25) is 11.8 Å². The SMILES string of the molecule is O=C1NCc2nc(Nc3ncc(C4=NC5(CCOCC5)CO4)c(N[C@H](CO)c4ccccc4)n3)ccc21. The minimum atomic E-state index is -0.406. The number of amides is 1. The summed E-state index contributed by atoms with van der Waals surface area (Å²) in [6.45, 7) is 2.03. The third kappa shape index (κ3) is 4.70. The van der Waals surface area contributed by atoms with Crippen molar-refractivity contribution >= 4 is 29.4 Å². The molecule has 1 amide bonds. The number of carbonyl (C=O) groups is 1. The number of benzene rings is 1. The number of nitrogens with zero attached hydrogens (tertiary/aromatic N) is 4. The molecule has 3 aromatic rings. The van der Waals surface area contributed by atoms with Gasteiger partial charge in [0.05, 0.1) is 36.0 Å². The predicted molar refractivity (Wildman–Crippen MR) is 136 cm³/mol. The van der Waals surface area contributed by atoms with Crippen molar-refractivity contribution in [2.45, 2.75) is 31.0 Å². The Morgan fingerprint density at radius 1 is 1.08 bits per heavy atom. The second kappa shape index (κ2) is 9.75. The Hall–Kier alpha value is -4.09. The van der Waals surface area contributed by atoms with Crippen molar-refractivity contribution in [2.24, 2.45) is 4.99 Å². The fourth-order valence-electron chi connectivity index (χ4n) is 4.71. The first kappa shape index (κ1) is 23.3. The number of ether oxygens (including phenoxy) is 2. The van der Waals surface area contributed by atoms with E-state index >= 15 is 0 Å². The summed E-state index contributed by atoms with van der Waals surface area (Å²) in [7, 11) is 0. The monoisotopic (exact) mass is 501 g/mol. The van der Waals surface area contributed by atoms with Gasteiger partial charge in [-0.05, 0) is 30.5 Å². The lowest BCUT2D eigenvalue weighted by molar-refractivity contribution is 0.0442. The number of anilines is 3. The Morgan fingerprint density at radius 2 is 1.92 bits per heavy atom. The van der Waals surface area contributed by atoms with Gasteiger partial charge in [0.25, 0.3) is 5.91 Å². The number of rotatable bonds is 7. The summed E-state index contributed by atoms with van der Waals surface area (Å²) in [5, 5.41) is 19.4. The quantitative estimate of drug-likeness (QED) is 0.384. The van der Waals surface area contributed by atoms with E-state index in [0.29, 0.717) is 66.7 Å². The molecular weight excluding hydrogens is 474 g/mol. The molecular formula is C26H27N7O4. The Labute approximate surface area is 213 Å². The third-order valence-electron chi connectivity index (χ3n) is 6.83. The van der Waals surface area contributed by atoms with E-state index in [0.717, 1.165) is 18.4 Å². The first-order valence-corrected chi connectivity index (χ1v) is 12.3. The van der Waals surface area contributed by atoms with Crippen LogP contribution in [0.3, 0.4) is 0 Å². The van der Waals surface area contributed by atoms with Crippen LogP contribution in [0.25, 0.3) is 0 Å². The molecule has 1 aromatic carbocycles. The van der Waals surface area contributed by atoms with Crippen molar-refractivity contribution in [3.8, 4) is 0 Å². The van der Waals surface area contributed by atoms with Crippen molar-refractivity contribution < 1.29 is 19.4 Å². The van der Waals surface area contributed by atoms with Crippen LogP contribution in [0.2, 0.25) is 0 Å². The van der Waals surface area contributed by atoms with Gasteiger partial charge in [0, 0.05) is 19.4 Å². The van der Waals surface area contributed by atoms with Crippen LogP contribution in [0.15, 0.2) is 53.7 Å². The lowest BCUT2D eigenvalue weighted by Crippen LogP contribution is -2.35. The molecule has 0 bridgehead atoms. The normalized spacial score (nSPS) is 18.5. The van der Waals surface area contributed by atoms with E-state index in [1.807, 2.05) is 30.3 Å². The van der Waals surface area contributed by atoms with Crippen LogP contribution in [0.1, 0.15) is 46.1 Å². The van der Waals surface area contributed by atoms with Crippen LogP contribution in [0.4, 0.5) is 17.6 Å². The zero-order valence-electron chi connectivity index (χ0n) is 20.1. The second-order valence-electron chi connectivity index (χ2n) is 9.29. The van der Waals surface area contributed by atoms with E-state index in [-0.39, 0.29) is 18.1 Å². The summed E-state index contributed by atoms with van der Waals surface area (Å²) >= 11 is 0. The van der Waals surface area contributed by atoms with E-state index < -0.39 is 6.04 Å². The highest BCUT2D eigenvalue weighted by molar-refractivity contribution is 6.00. The number of fused-ring (bicyclic) bond motifs is 1. The molecule has 1 fully saturated rings. The van der Waals surface area contributed by atoms with E-state index in [9.17, 15) is 9.90 Å². The Morgan fingerprint density at radius 3 is 2.73 bits per heavy atom. The number of aliphatic hydroxyl groups is 1. The van der Waals surface area contributed by atoms with E-state index in [4.69, 9.17) is 19.5 Å². The molecule has 0 saturated carbocycles. The van der Waals surface area contributed by atoms with Crippen LogP contribution in [0.5, 0.6) is 0 Å². The summed E-state index contributed by atoms with van der Waals surface area (Å²) in [6.07, 6.45) is 3.25. The first-order chi connectivity index (χ1) is 18.1. The van der Waals surface area contributed by atoms with Crippen LogP contribution in [0, 0.1) is 0 Å². The maximum Gasteiger partial charge on any atom is 0.253 e. The van der Waals surface area contributed by atoms with Crippen molar-refractivity contribution in [3.05, 3.63) is 71.0 Å². The highest BCUT2D eigenvalue weighted by Crippen LogP contribution is 2.33. The van der Waals surface area contributed by atoms with Crippen molar-refractivity contribution in [2.75, 3.05) is 37.1 Å². The Balaban J connectivity index is 1.33. The summed E-state index contributed by atoms with van der Waals surface area (Å²) in [5.74, 6) is 1.64. The number of hydrogen-bond acceptors (Lipinski definition) is 10. The Kier molecular flexibility index (Phi) is 6.15. The third-order valence-corrected chi connectivity index (χ3v) is 6.83. The zero-order valence-corrected chi connectivity index (χ0v) is 20.1. The highest BCUT2D eigenvalue weighted by Gasteiger charge is 2.39. The molecule has 1 atom stereocenters. The molecule has 5 heterocycles. The molecule has 190 valence electrons. The van der Waals surface area contributed by atoms with Gasteiger partial charge in [-0.1, -0.05) is 30.3 Å². The van der Waals surface area contributed by atoms with Gasteiger partial charge >= 0.3 is 0 Å². The van der Waals surface area contributed by atoms with Gasteiger partial charge in [-0.25, -0.2) is 15.0 Å². The molecule has 1 saturated heterocycles. The number of nitrogens with one attached hydrogen (secondary N) is 3. The molecule has 3 aliphatic rings. The van der Waals surface area contributed by atoms with Gasteiger partial charge in [-0.3, -0.25) is 4.79 Å². The average Bonchev–Trinajstić information content (AvgIpc) is 3.51. The largest absolute Gasteiger partial charge is 0.475 e. The van der Waals surface area contributed by atoms with E-state index in [1.54, 1.807) is 18.3 Å². The number of pyridine rings is 1. The number of aliphatic imine (C=N–C) groups is 1. The minimum Gasteiger partial charge on any atom is -0.475 e. The lowest BCUT2D eigenvalue weighted by atomic mass is 9.92. The second-order valence-corrected chi connectivity index (χ2v) is 9.29. The maximum absolute atomic E-state index is 11.8. The molecule has 0 radical (unpaired) electrons. The summed E-state index contributed by atoms with van der Waals surface area (Å²) in [5.41, 5.74) is 2.47. The molecule has 0 aliphatic carbocycles. The van der Waals surface area contributed by atoms with Crippen LogP contribution in [-0.4, -0.2) is 63.8 Å². The topological polar surface area (TPSA) is 143 Å². The van der Waals surface area contributed by atoms with Crippen molar-refractivity contribution in [3.63, 3.8) is 0 Å². The molecule has 4 N–H and O–H groups in total. The van der Waals surface area contributed by atoms with Gasteiger partial charge in [-0.2, -0.15) is 4.98 Å². The summed E-state index contributed by atoms with van der Waals surface area (Å²) < 4.78 is 11.6. The zero-order chi connectivity index (χ0) is 25.2. The highest BCUT2D eigenvalue weighted by atomic mass is 16.5. The number of aliphatic hydroxyl groups excluding tert-OH is 1. The van der Waals surface area contributed by atoms with Gasteiger partial charge in [-0.15, -0.1) is 0 Å². The minimum absolute atomic E-state index is 0.128. The lowest BCUT2D eigenvalue weighted by Gasteiger charge is -2.28. The smallest absolute Gasteiger partial charge is 0.253 e. The molecule has 6 rings (SSSR count). The van der Waals surface area contributed by atoms with Crippen molar-refractivity contribution in [1.82, 2.24) is 20.3 Å². The first-order valence-electron chi connectivity index (χ1n) is 12.3. The molecule has 11 nitrogen and oxygen atoms in total.